The Balaban J connectivity index is 1.75. The van der Waals surface area contributed by atoms with E-state index in [0.29, 0.717) is 34.5 Å². The van der Waals surface area contributed by atoms with E-state index >= 15 is 0 Å². The molecule has 1 N–H and O–H groups in total. The Labute approximate surface area is 163 Å². The predicted octanol–water partition coefficient (Wildman–Crippen LogP) is 2.54. The average molecular weight is 394 g/mol. The van der Waals surface area contributed by atoms with Crippen LogP contribution < -0.4 is 5.56 Å². The maximum atomic E-state index is 14.2. The summed E-state index contributed by atoms with van der Waals surface area (Å²) >= 11 is 0. The standard InChI is InChI=1S/C20H16F2N6O/c1-28-18(24-11-25-28)8-17-19-13(6-15(22)7-16(19)20(29)27-26-17)10-23-9-12-2-4-14(21)5-3-12/h2-7,9,11H,8,10H2,1H3,(H,27,29)/b23-9+. The molecule has 0 spiro atoms. The summed E-state index contributed by atoms with van der Waals surface area (Å²) in [5, 5.41) is 11.3. The second-order valence-corrected chi connectivity index (χ2v) is 6.48. The van der Waals surface area contributed by atoms with Crippen LogP contribution in [-0.4, -0.2) is 31.2 Å². The number of hydrogen-bond donors (Lipinski definition) is 1. The molecule has 146 valence electrons. The summed E-state index contributed by atoms with van der Waals surface area (Å²) < 4.78 is 28.8. The molecule has 0 aliphatic rings. The average Bonchev–Trinajstić information content (AvgIpc) is 3.10. The lowest BCUT2D eigenvalue weighted by atomic mass is 10.0. The van der Waals surface area contributed by atoms with Crippen LogP contribution in [-0.2, 0) is 20.0 Å². The number of benzene rings is 2. The van der Waals surface area contributed by atoms with Crippen molar-refractivity contribution in [2.45, 2.75) is 13.0 Å². The first kappa shape index (κ1) is 18.6. The third-order valence-corrected chi connectivity index (χ3v) is 4.51. The van der Waals surface area contributed by atoms with Crippen molar-refractivity contribution < 1.29 is 8.78 Å². The molecule has 0 aliphatic carbocycles. The molecule has 29 heavy (non-hydrogen) atoms. The molecule has 4 aromatic rings. The van der Waals surface area contributed by atoms with Crippen LogP contribution in [0.3, 0.4) is 0 Å². The highest BCUT2D eigenvalue weighted by atomic mass is 19.1. The molecule has 0 bridgehead atoms. The van der Waals surface area contributed by atoms with E-state index in [4.69, 9.17) is 0 Å². The van der Waals surface area contributed by atoms with Crippen LogP contribution in [0.2, 0.25) is 0 Å². The Morgan fingerprint density at radius 1 is 1.17 bits per heavy atom. The largest absolute Gasteiger partial charge is 0.288 e. The van der Waals surface area contributed by atoms with Crippen molar-refractivity contribution in [3.63, 3.8) is 0 Å². The van der Waals surface area contributed by atoms with Crippen molar-refractivity contribution in [1.29, 1.82) is 0 Å². The lowest BCUT2D eigenvalue weighted by Gasteiger charge is -2.09. The minimum Gasteiger partial charge on any atom is -0.288 e. The first-order chi connectivity index (χ1) is 14.0. The van der Waals surface area contributed by atoms with Crippen LogP contribution in [0, 0.1) is 11.6 Å². The van der Waals surface area contributed by atoms with E-state index in [1.165, 1.54) is 30.6 Å². The summed E-state index contributed by atoms with van der Waals surface area (Å²) in [4.78, 5) is 20.8. The number of aryl methyl sites for hydroxylation is 1. The molecule has 9 heteroatoms. The third-order valence-electron chi connectivity index (χ3n) is 4.51. The van der Waals surface area contributed by atoms with Gasteiger partial charge in [0.15, 0.2) is 0 Å². The summed E-state index contributed by atoms with van der Waals surface area (Å²) in [5.74, 6) is -0.223. The summed E-state index contributed by atoms with van der Waals surface area (Å²) in [6, 6.07) is 8.38. The van der Waals surface area contributed by atoms with Gasteiger partial charge >= 0.3 is 0 Å². The van der Waals surface area contributed by atoms with Crippen LogP contribution in [0.15, 0.2) is 52.5 Å². The van der Waals surface area contributed by atoms with Gasteiger partial charge in [0.2, 0.25) is 0 Å². The summed E-state index contributed by atoms with van der Waals surface area (Å²) in [6.45, 7) is 0.128. The van der Waals surface area contributed by atoms with Gasteiger partial charge in [-0.3, -0.25) is 14.5 Å². The Kier molecular flexibility index (Phi) is 4.94. The molecule has 2 heterocycles. The van der Waals surface area contributed by atoms with Gasteiger partial charge in [0.25, 0.3) is 5.56 Å². The van der Waals surface area contributed by atoms with E-state index in [2.05, 4.69) is 25.3 Å². The van der Waals surface area contributed by atoms with Crippen LogP contribution in [0.4, 0.5) is 8.78 Å². The van der Waals surface area contributed by atoms with Gasteiger partial charge in [0.1, 0.15) is 23.8 Å². The van der Waals surface area contributed by atoms with Crippen molar-refractivity contribution in [2.24, 2.45) is 12.0 Å². The molecule has 0 amide bonds. The smallest absolute Gasteiger partial charge is 0.272 e. The number of halogens is 2. The van der Waals surface area contributed by atoms with Crippen LogP contribution in [0.5, 0.6) is 0 Å². The predicted molar refractivity (Wildman–Crippen MR) is 104 cm³/mol. The first-order valence-corrected chi connectivity index (χ1v) is 8.79. The van der Waals surface area contributed by atoms with Gasteiger partial charge in [-0.05, 0) is 35.4 Å². The number of rotatable bonds is 5. The molecule has 7 nitrogen and oxygen atoms in total. The topological polar surface area (TPSA) is 88.8 Å². The van der Waals surface area contributed by atoms with E-state index in [0.717, 1.165) is 0 Å². The fourth-order valence-electron chi connectivity index (χ4n) is 3.10. The zero-order chi connectivity index (χ0) is 20.4. The summed E-state index contributed by atoms with van der Waals surface area (Å²) in [7, 11) is 1.75. The molecular weight excluding hydrogens is 378 g/mol. The Hall–Kier alpha value is -3.75. The molecule has 0 atom stereocenters. The molecule has 0 radical (unpaired) electrons. The maximum absolute atomic E-state index is 14.2. The number of hydrogen-bond acceptors (Lipinski definition) is 5. The molecule has 0 saturated heterocycles. The van der Waals surface area contributed by atoms with Gasteiger partial charge in [-0.1, -0.05) is 12.1 Å². The van der Waals surface area contributed by atoms with Crippen molar-refractivity contribution in [3.05, 3.63) is 87.4 Å². The van der Waals surface area contributed by atoms with Gasteiger partial charge in [-0.2, -0.15) is 10.2 Å². The third kappa shape index (κ3) is 3.93. The number of nitrogens with zero attached hydrogens (tertiary/aromatic N) is 5. The summed E-state index contributed by atoms with van der Waals surface area (Å²) in [5.41, 5.74) is 1.30. The molecule has 0 aliphatic heterocycles. The van der Waals surface area contributed by atoms with Gasteiger partial charge < -0.3 is 0 Å². The van der Waals surface area contributed by atoms with Gasteiger partial charge in [0, 0.05) is 18.6 Å². The summed E-state index contributed by atoms with van der Waals surface area (Å²) in [6.07, 6.45) is 3.31. The Bertz CT molecular complexity index is 1260. The Morgan fingerprint density at radius 2 is 1.97 bits per heavy atom. The minimum absolute atomic E-state index is 0.128. The van der Waals surface area contributed by atoms with E-state index in [1.54, 1.807) is 30.1 Å². The molecule has 0 saturated carbocycles. The van der Waals surface area contributed by atoms with Crippen molar-refractivity contribution >= 4 is 17.0 Å². The zero-order valence-electron chi connectivity index (χ0n) is 15.4. The fourth-order valence-corrected chi connectivity index (χ4v) is 3.10. The van der Waals surface area contributed by atoms with Crippen molar-refractivity contribution in [2.75, 3.05) is 0 Å². The van der Waals surface area contributed by atoms with Crippen molar-refractivity contribution in [1.82, 2.24) is 25.0 Å². The first-order valence-electron chi connectivity index (χ1n) is 8.79. The van der Waals surface area contributed by atoms with Crippen LogP contribution in [0.25, 0.3) is 10.8 Å². The van der Waals surface area contributed by atoms with E-state index in [9.17, 15) is 13.6 Å². The molecule has 0 unspecified atom stereocenters. The number of aromatic nitrogens is 5. The second kappa shape index (κ2) is 7.70. The SMILES string of the molecule is Cn1ncnc1Cc1n[nH]c(=O)c2cc(F)cc(C/N=C/c3ccc(F)cc3)c12. The van der Waals surface area contributed by atoms with Gasteiger partial charge in [0.05, 0.1) is 24.0 Å². The van der Waals surface area contributed by atoms with Gasteiger partial charge in [-0.15, -0.1) is 0 Å². The number of fused-ring (bicyclic) bond motifs is 1. The number of H-pyrrole nitrogens is 1. The van der Waals surface area contributed by atoms with E-state index in [-0.39, 0.29) is 17.7 Å². The number of aromatic amines is 1. The van der Waals surface area contributed by atoms with Crippen LogP contribution in [0.1, 0.15) is 22.6 Å². The van der Waals surface area contributed by atoms with Crippen molar-refractivity contribution in [3.8, 4) is 0 Å². The van der Waals surface area contributed by atoms with Crippen LogP contribution >= 0.6 is 0 Å². The molecular formula is C20H16F2N6O. The molecule has 2 aromatic heterocycles. The zero-order valence-corrected chi connectivity index (χ0v) is 15.4. The number of aliphatic imine (C=N–C) groups is 1. The number of nitrogens with one attached hydrogen (secondary N) is 1. The highest BCUT2D eigenvalue weighted by molar-refractivity contribution is 5.87. The maximum Gasteiger partial charge on any atom is 0.272 e. The fraction of sp³-hybridized carbons (Fsp3) is 0.150. The highest BCUT2D eigenvalue weighted by Crippen LogP contribution is 2.23. The lowest BCUT2D eigenvalue weighted by molar-refractivity contribution is 0.627. The molecule has 0 fully saturated rings. The Morgan fingerprint density at radius 3 is 2.69 bits per heavy atom. The quantitative estimate of drug-likeness (QED) is 0.527. The monoisotopic (exact) mass is 394 g/mol. The minimum atomic E-state index is -0.536. The molecule has 2 aromatic carbocycles. The molecule has 4 rings (SSSR count). The van der Waals surface area contributed by atoms with E-state index < -0.39 is 11.4 Å². The second-order valence-electron chi connectivity index (χ2n) is 6.48. The lowest BCUT2D eigenvalue weighted by Crippen LogP contribution is -2.14. The van der Waals surface area contributed by atoms with E-state index in [1.807, 2.05) is 0 Å². The van der Waals surface area contributed by atoms with Gasteiger partial charge in [-0.25, -0.2) is 18.9 Å². The normalized spacial score (nSPS) is 11.6. The highest BCUT2D eigenvalue weighted by Gasteiger charge is 2.15.